The van der Waals surface area contributed by atoms with Crippen LogP contribution in [0.5, 0.6) is 0 Å². The second-order valence-corrected chi connectivity index (χ2v) is 4.17. The lowest BCUT2D eigenvalue weighted by Crippen LogP contribution is -2.42. The van der Waals surface area contributed by atoms with Crippen molar-refractivity contribution in [1.82, 2.24) is 19.8 Å². The van der Waals surface area contributed by atoms with Crippen LogP contribution in [0.2, 0.25) is 0 Å². The number of nitrogens with zero attached hydrogens (tertiary/aromatic N) is 3. The molecular weight excluding hydrogens is 204 g/mol. The van der Waals surface area contributed by atoms with E-state index >= 15 is 0 Å². The van der Waals surface area contributed by atoms with Gasteiger partial charge < -0.3 is 14.8 Å². The molecule has 0 spiro atoms. The van der Waals surface area contributed by atoms with Gasteiger partial charge in [0.15, 0.2) is 0 Å². The zero-order chi connectivity index (χ0) is 11.4. The van der Waals surface area contributed by atoms with E-state index in [1.165, 1.54) is 0 Å². The van der Waals surface area contributed by atoms with Crippen molar-refractivity contribution in [2.45, 2.75) is 25.4 Å². The third-order valence-corrected chi connectivity index (χ3v) is 3.01. The molecule has 1 atom stereocenters. The minimum absolute atomic E-state index is 0.199. The molecule has 0 aromatic carbocycles. The second-order valence-electron chi connectivity index (χ2n) is 4.17. The molecule has 1 N–H and O–H groups in total. The zero-order valence-electron chi connectivity index (χ0n) is 9.59. The van der Waals surface area contributed by atoms with Crippen LogP contribution in [-0.2, 0) is 11.3 Å². The van der Waals surface area contributed by atoms with E-state index in [0.717, 1.165) is 25.9 Å². The molecule has 1 aromatic rings. The molecule has 88 valence electrons. The van der Waals surface area contributed by atoms with Crippen LogP contribution in [0.15, 0.2) is 18.7 Å². The predicted molar refractivity (Wildman–Crippen MR) is 60.9 cm³/mol. The first-order valence-corrected chi connectivity index (χ1v) is 5.71. The van der Waals surface area contributed by atoms with Crippen LogP contribution in [-0.4, -0.2) is 46.5 Å². The minimum Gasteiger partial charge on any atom is -0.337 e. The van der Waals surface area contributed by atoms with Crippen molar-refractivity contribution >= 4 is 5.91 Å². The Bertz CT molecular complexity index is 336. The van der Waals surface area contributed by atoms with E-state index in [1.807, 2.05) is 15.7 Å². The average molecular weight is 222 g/mol. The Morgan fingerprint density at radius 2 is 2.50 bits per heavy atom. The first-order chi connectivity index (χ1) is 7.81. The molecule has 1 unspecified atom stereocenters. The van der Waals surface area contributed by atoms with Gasteiger partial charge in [0.1, 0.15) is 0 Å². The van der Waals surface area contributed by atoms with Crippen LogP contribution in [0.3, 0.4) is 0 Å². The molecule has 1 amide bonds. The molecule has 2 rings (SSSR count). The van der Waals surface area contributed by atoms with Gasteiger partial charge in [0.2, 0.25) is 5.91 Å². The molecule has 0 radical (unpaired) electrons. The average Bonchev–Trinajstić information content (AvgIpc) is 2.90. The van der Waals surface area contributed by atoms with Crippen LogP contribution in [0.1, 0.15) is 12.8 Å². The Morgan fingerprint density at radius 3 is 3.19 bits per heavy atom. The number of likely N-dealkylation sites (tertiary alicyclic amines) is 1. The first-order valence-electron chi connectivity index (χ1n) is 5.71. The van der Waals surface area contributed by atoms with Gasteiger partial charge in [-0.15, -0.1) is 0 Å². The molecule has 0 saturated carbocycles. The Kier molecular flexibility index (Phi) is 3.56. The lowest BCUT2D eigenvalue weighted by atomic mass is 10.2. The smallest absolute Gasteiger partial charge is 0.236 e. The standard InChI is InChI=1S/C11H18N4O/c1-12-7-11(16)15-5-2-3-10(15)8-14-6-4-13-9-14/h4,6,9-10,12H,2-3,5,7-8H2,1H3. The van der Waals surface area contributed by atoms with Crippen molar-refractivity contribution in [3.63, 3.8) is 0 Å². The summed E-state index contributed by atoms with van der Waals surface area (Å²) in [7, 11) is 1.80. The Morgan fingerprint density at radius 1 is 1.62 bits per heavy atom. The maximum atomic E-state index is 11.8. The second kappa shape index (κ2) is 5.12. The summed E-state index contributed by atoms with van der Waals surface area (Å²) in [6, 6.07) is 0.329. The van der Waals surface area contributed by atoms with Crippen LogP contribution in [0, 0.1) is 0 Å². The number of hydrogen-bond donors (Lipinski definition) is 1. The van der Waals surface area contributed by atoms with Gasteiger partial charge in [-0.1, -0.05) is 0 Å². The molecule has 1 aliphatic rings. The summed E-state index contributed by atoms with van der Waals surface area (Å²) in [5, 5.41) is 2.91. The molecule has 0 bridgehead atoms. The van der Waals surface area contributed by atoms with Gasteiger partial charge in [-0.25, -0.2) is 4.98 Å². The topological polar surface area (TPSA) is 50.2 Å². The highest BCUT2D eigenvalue weighted by Crippen LogP contribution is 2.18. The van der Waals surface area contributed by atoms with E-state index in [1.54, 1.807) is 19.6 Å². The number of aromatic nitrogens is 2. The van der Waals surface area contributed by atoms with Crippen LogP contribution in [0.25, 0.3) is 0 Å². The van der Waals surface area contributed by atoms with Crippen LogP contribution >= 0.6 is 0 Å². The van der Waals surface area contributed by atoms with Gasteiger partial charge in [-0.2, -0.15) is 0 Å². The summed E-state index contributed by atoms with van der Waals surface area (Å²) in [4.78, 5) is 17.8. The maximum Gasteiger partial charge on any atom is 0.236 e. The van der Waals surface area contributed by atoms with Crippen molar-refractivity contribution in [3.05, 3.63) is 18.7 Å². The molecule has 0 aliphatic carbocycles. The Balaban J connectivity index is 1.95. The molecule has 16 heavy (non-hydrogen) atoms. The summed E-state index contributed by atoms with van der Waals surface area (Å²) in [5.74, 6) is 0.199. The van der Waals surface area contributed by atoms with Gasteiger partial charge in [-0.3, -0.25) is 4.79 Å². The van der Waals surface area contributed by atoms with E-state index in [-0.39, 0.29) is 5.91 Å². The predicted octanol–water partition coefficient (Wildman–Crippen LogP) is 0.0935. The monoisotopic (exact) mass is 222 g/mol. The van der Waals surface area contributed by atoms with E-state index in [0.29, 0.717) is 12.6 Å². The number of carbonyl (C=O) groups is 1. The summed E-state index contributed by atoms with van der Waals surface area (Å²) >= 11 is 0. The molecule has 1 saturated heterocycles. The zero-order valence-corrected chi connectivity index (χ0v) is 9.59. The van der Waals surface area contributed by atoms with Crippen molar-refractivity contribution in [3.8, 4) is 0 Å². The first kappa shape index (κ1) is 11.1. The maximum absolute atomic E-state index is 11.8. The summed E-state index contributed by atoms with van der Waals surface area (Å²) < 4.78 is 2.04. The fourth-order valence-electron chi connectivity index (χ4n) is 2.24. The third-order valence-electron chi connectivity index (χ3n) is 3.01. The Labute approximate surface area is 95.5 Å². The lowest BCUT2D eigenvalue weighted by molar-refractivity contribution is -0.131. The number of imidazole rings is 1. The largest absolute Gasteiger partial charge is 0.337 e. The van der Waals surface area contributed by atoms with Gasteiger partial charge >= 0.3 is 0 Å². The molecule has 5 heteroatoms. The normalized spacial score (nSPS) is 20.3. The highest BCUT2D eigenvalue weighted by atomic mass is 16.2. The van der Waals surface area contributed by atoms with Gasteiger partial charge in [0.05, 0.1) is 12.9 Å². The molecule has 1 fully saturated rings. The molecule has 2 heterocycles. The summed E-state index contributed by atoms with van der Waals surface area (Å²) in [5.41, 5.74) is 0. The Hall–Kier alpha value is -1.36. The fraction of sp³-hybridized carbons (Fsp3) is 0.636. The van der Waals surface area contributed by atoms with E-state index in [2.05, 4.69) is 10.3 Å². The van der Waals surface area contributed by atoms with Crippen molar-refractivity contribution < 1.29 is 4.79 Å². The lowest BCUT2D eigenvalue weighted by Gasteiger charge is -2.24. The highest BCUT2D eigenvalue weighted by molar-refractivity contribution is 5.78. The summed E-state index contributed by atoms with van der Waals surface area (Å²) in [6.45, 7) is 2.18. The number of amides is 1. The number of carbonyl (C=O) groups excluding carboxylic acids is 1. The SMILES string of the molecule is CNCC(=O)N1CCCC1Cn1ccnc1. The fourth-order valence-corrected chi connectivity index (χ4v) is 2.24. The van der Waals surface area contributed by atoms with Gasteiger partial charge in [-0.05, 0) is 19.9 Å². The minimum atomic E-state index is 0.199. The van der Waals surface area contributed by atoms with E-state index in [9.17, 15) is 4.79 Å². The molecule has 5 nitrogen and oxygen atoms in total. The van der Waals surface area contributed by atoms with Crippen molar-refractivity contribution in [2.75, 3.05) is 20.1 Å². The quantitative estimate of drug-likeness (QED) is 0.785. The number of nitrogens with one attached hydrogen (secondary N) is 1. The van der Waals surface area contributed by atoms with E-state index in [4.69, 9.17) is 0 Å². The molecular formula is C11H18N4O. The number of rotatable bonds is 4. The van der Waals surface area contributed by atoms with E-state index < -0.39 is 0 Å². The highest BCUT2D eigenvalue weighted by Gasteiger charge is 2.28. The van der Waals surface area contributed by atoms with Gasteiger partial charge in [0, 0.05) is 31.5 Å². The van der Waals surface area contributed by atoms with Crippen LogP contribution in [0.4, 0.5) is 0 Å². The molecule has 1 aromatic heterocycles. The van der Waals surface area contributed by atoms with Crippen molar-refractivity contribution in [1.29, 1.82) is 0 Å². The molecule has 1 aliphatic heterocycles. The van der Waals surface area contributed by atoms with Crippen LogP contribution < -0.4 is 5.32 Å². The number of likely N-dealkylation sites (N-methyl/N-ethyl adjacent to an activating group) is 1. The number of hydrogen-bond acceptors (Lipinski definition) is 3. The summed E-state index contributed by atoms with van der Waals surface area (Å²) in [6.07, 6.45) is 7.72. The third kappa shape index (κ3) is 2.41. The van der Waals surface area contributed by atoms with Gasteiger partial charge in [0.25, 0.3) is 0 Å². The van der Waals surface area contributed by atoms with Crippen molar-refractivity contribution in [2.24, 2.45) is 0 Å².